The summed E-state index contributed by atoms with van der Waals surface area (Å²) in [7, 11) is 0. The molecule has 0 saturated carbocycles. The van der Waals surface area contributed by atoms with E-state index in [2.05, 4.69) is 5.32 Å². The zero-order valence-electron chi connectivity index (χ0n) is 16.0. The molecule has 156 valence electrons. The first kappa shape index (κ1) is 20.0. The van der Waals surface area contributed by atoms with Gasteiger partial charge in [0, 0.05) is 18.8 Å². The monoisotopic (exact) mass is 430 g/mol. The molecular formula is C20H19FN4O4S. The second-order valence-electron chi connectivity index (χ2n) is 7.04. The Labute approximate surface area is 174 Å². The van der Waals surface area contributed by atoms with Gasteiger partial charge in [0.15, 0.2) is 0 Å². The Morgan fingerprint density at radius 2 is 1.70 bits per heavy atom. The van der Waals surface area contributed by atoms with Crippen LogP contribution in [0.1, 0.15) is 12.8 Å². The van der Waals surface area contributed by atoms with Crippen LogP contribution in [0.2, 0.25) is 0 Å². The molecule has 1 aliphatic rings. The van der Waals surface area contributed by atoms with E-state index in [-0.39, 0.29) is 12.5 Å². The van der Waals surface area contributed by atoms with Crippen LogP contribution in [0.3, 0.4) is 0 Å². The molecule has 1 fully saturated rings. The number of carbonyl (C=O) groups excluding carboxylic acids is 2. The van der Waals surface area contributed by atoms with Crippen molar-refractivity contribution in [2.75, 3.05) is 18.4 Å². The van der Waals surface area contributed by atoms with Crippen molar-refractivity contribution in [3.63, 3.8) is 0 Å². The highest BCUT2D eigenvalue weighted by molar-refractivity contribution is 7.17. The van der Waals surface area contributed by atoms with E-state index in [1.54, 1.807) is 16.3 Å². The SMILES string of the molecule is O=C(Cn1c(=O)c2sccc2n(CC(=O)N2CCCC2)c1=O)Nc1ccc(F)cc1. The van der Waals surface area contributed by atoms with Gasteiger partial charge in [-0.1, -0.05) is 0 Å². The fraction of sp³-hybridized carbons (Fsp3) is 0.300. The number of nitrogens with zero attached hydrogens (tertiary/aromatic N) is 3. The van der Waals surface area contributed by atoms with Crippen molar-refractivity contribution in [2.24, 2.45) is 0 Å². The van der Waals surface area contributed by atoms with E-state index in [9.17, 15) is 23.6 Å². The second-order valence-corrected chi connectivity index (χ2v) is 7.95. The van der Waals surface area contributed by atoms with Crippen molar-refractivity contribution in [1.29, 1.82) is 0 Å². The minimum Gasteiger partial charge on any atom is -0.341 e. The van der Waals surface area contributed by atoms with Gasteiger partial charge in [-0.25, -0.2) is 13.8 Å². The third-order valence-electron chi connectivity index (χ3n) is 5.02. The zero-order chi connectivity index (χ0) is 21.3. The molecule has 0 spiro atoms. The van der Waals surface area contributed by atoms with Gasteiger partial charge in [0.1, 0.15) is 23.6 Å². The van der Waals surface area contributed by atoms with Gasteiger partial charge in [0.05, 0.1) is 5.52 Å². The maximum absolute atomic E-state index is 13.0. The van der Waals surface area contributed by atoms with Gasteiger partial charge in [-0.15, -0.1) is 11.3 Å². The van der Waals surface area contributed by atoms with Crippen LogP contribution in [0.15, 0.2) is 45.3 Å². The number of fused-ring (bicyclic) bond motifs is 1. The number of amides is 2. The van der Waals surface area contributed by atoms with E-state index in [1.807, 2.05) is 0 Å². The van der Waals surface area contributed by atoms with Gasteiger partial charge >= 0.3 is 5.69 Å². The molecule has 0 radical (unpaired) electrons. The van der Waals surface area contributed by atoms with Gasteiger partial charge < -0.3 is 10.2 Å². The van der Waals surface area contributed by atoms with Gasteiger partial charge in [0.25, 0.3) is 5.56 Å². The fourth-order valence-electron chi connectivity index (χ4n) is 3.50. The third-order valence-corrected chi connectivity index (χ3v) is 5.91. The van der Waals surface area contributed by atoms with Gasteiger partial charge in [-0.3, -0.25) is 19.0 Å². The van der Waals surface area contributed by atoms with Crippen LogP contribution in [-0.4, -0.2) is 38.9 Å². The summed E-state index contributed by atoms with van der Waals surface area (Å²) in [5, 5.41) is 4.21. The van der Waals surface area contributed by atoms with E-state index in [4.69, 9.17) is 0 Å². The number of hydrogen-bond acceptors (Lipinski definition) is 5. The van der Waals surface area contributed by atoms with Crippen molar-refractivity contribution in [2.45, 2.75) is 25.9 Å². The molecule has 3 heterocycles. The topological polar surface area (TPSA) is 93.4 Å². The zero-order valence-corrected chi connectivity index (χ0v) is 16.8. The Morgan fingerprint density at radius 3 is 2.40 bits per heavy atom. The average Bonchev–Trinajstić information content (AvgIpc) is 3.42. The average molecular weight is 430 g/mol. The smallest absolute Gasteiger partial charge is 0.332 e. The number of likely N-dealkylation sites (tertiary alicyclic amines) is 1. The van der Waals surface area contributed by atoms with E-state index >= 15 is 0 Å². The highest BCUT2D eigenvalue weighted by atomic mass is 32.1. The molecule has 0 bridgehead atoms. The first-order valence-electron chi connectivity index (χ1n) is 9.48. The lowest BCUT2D eigenvalue weighted by Gasteiger charge is -2.17. The molecule has 1 aliphatic heterocycles. The maximum Gasteiger partial charge on any atom is 0.332 e. The predicted octanol–water partition coefficient (Wildman–Crippen LogP) is 1.62. The molecule has 3 aromatic rings. The second kappa shape index (κ2) is 8.23. The third kappa shape index (κ3) is 3.90. The van der Waals surface area contributed by atoms with Crippen LogP contribution >= 0.6 is 11.3 Å². The molecule has 2 aromatic heterocycles. The molecule has 0 atom stereocenters. The number of rotatable bonds is 5. The lowest BCUT2D eigenvalue weighted by molar-refractivity contribution is -0.130. The van der Waals surface area contributed by atoms with E-state index in [0.717, 1.165) is 28.7 Å². The molecule has 30 heavy (non-hydrogen) atoms. The van der Waals surface area contributed by atoms with Crippen LogP contribution in [0.5, 0.6) is 0 Å². The molecule has 2 amide bonds. The Hall–Kier alpha value is -3.27. The maximum atomic E-state index is 13.0. The summed E-state index contributed by atoms with van der Waals surface area (Å²) < 4.78 is 15.4. The van der Waals surface area contributed by atoms with E-state index in [1.165, 1.54) is 28.8 Å². The van der Waals surface area contributed by atoms with Crippen LogP contribution in [-0.2, 0) is 22.7 Å². The van der Waals surface area contributed by atoms with Crippen molar-refractivity contribution in [3.8, 4) is 0 Å². The number of benzene rings is 1. The van der Waals surface area contributed by atoms with Crippen molar-refractivity contribution < 1.29 is 14.0 Å². The summed E-state index contributed by atoms with van der Waals surface area (Å²) in [6.45, 7) is 0.604. The fourth-order valence-corrected chi connectivity index (χ4v) is 4.35. The molecule has 8 nitrogen and oxygen atoms in total. The van der Waals surface area contributed by atoms with Gasteiger partial charge in [-0.05, 0) is 48.6 Å². The number of hydrogen-bond donors (Lipinski definition) is 1. The summed E-state index contributed by atoms with van der Waals surface area (Å²) in [5.41, 5.74) is -0.564. The molecule has 10 heteroatoms. The number of aromatic nitrogens is 2. The number of anilines is 1. The standard InChI is InChI=1S/C20H19FN4O4S/c21-13-3-5-14(6-4-13)22-16(26)11-25-19(28)18-15(7-10-30-18)24(20(25)29)12-17(27)23-8-1-2-9-23/h3-7,10H,1-2,8-9,11-12H2,(H,22,26). The van der Waals surface area contributed by atoms with Crippen molar-refractivity contribution in [1.82, 2.24) is 14.0 Å². The summed E-state index contributed by atoms with van der Waals surface area (Å²) in [4.78, 5) is 52.5. The Kier molecular flexibility index (Phi) is 5.49. The van der Waals surface area contributed by atoms with Crippen molar-refractivity contribution >= 4 is 39.1 Å². The lowest BCUT2D eigenvalue weighted by atomic mass is 10.3. The summed E-state index contributed by atoms with van der Waals surface area (Å²) in [6, 6.07) is 6.77. The number of halogens is 1. The first-order chi connectivity index (χ1) is 14.4. The molecule has 1 aromatic carbocycles. The normalized spacial score (nSPS) is 13.7. The number of nitrogens with one attached hydrogen (secondary N) is 1. The number of thiophene rings is 1. The molecule has 0 aliphatic carbocycles. The van der Waals surface area contributed by atoms with E-state index < -0.39 is 29.5 Å². The van der Waals surface area contributed by atoms with Gasteiger partial charge in [0.2, 0.25) is 11.8 Å². The first-order valence-corrected chi connectivity index (χ1v) is 10.4. The van der Waals surface area contributed by atoms with Gasteiger partial charge in [-0.2, -0.15) is 0 Å². The molecule has 1 saturated heterocycles. The van der Waals surface area contributed by atoms with Crippen LogP contribution in [0.4, 0.5) is 10.1 Å². The highest BCUT2D eigenvalue weighted by Crippen LogP contribution is 2.16. The number of carbonyl (C=O) groups is 2. The summed E-state index contributed by atoms with van der Waals surface area (Å²) in [6.07, 6.45) is 1.86. The lowest BCUT2D eigenvalue weighted by Crippen LogP contribution is -2.44. The largest absolute Gasteiger partial charge is 0.341 e. The quantitative estimate of drug-likeness (QED) is 0.666. The van der Waals surface area contributed by atoms with Crippen LogP contribution in [0.25, 0.3) is 10.2 Å². The predicted molar refractivity (Wildman–Crippen MR) is 111 cm³/mol. The molecule has 0 unspecified atom stereocenters. The van der Waals surface area contributed by atoms with E-state index in [0.29, 0.717) is 29.0 Å². The van der Waals surface area contributed by atoms with Crippen LogP contribution in [0, 0.1) is 5.82 Å². The summed E-state index contributed by atoms with van der Waals surface area (Å²) in [5.74, 6) is -1.24. The van der Waals surface area contributed by atoms with Crippen molar-refractivity contribution in [3.05, 3.63) is 62.4 Å². The Bertz CT molecular complexity index is 1220. The minimum atomic E-state index is -0.715. The Balaban J connectivity index is 1.65. The minimum absolute atomic E-state index is 0.189. The summed E-state index contributed by atoms with van der Waals surface area (Å²) >= 11 is 1.15. The van der Waals surface area contributed by atoms with Crippen LogP contribution < -0.4 is 16.6 Å². The highest BCUT2D eigenvalue weighted by Gasteiger charge is 2.22. The molecule has 4 rings (SSSR count). The molecular weight excluding hydrogens is 411 g/mol. The Morgan fingerprint density at radius 1 is 1.00 bits per heavy atom. The molecule has 1 N–H and O–H groups in total.